The third-order valence-corrected chi connectivity index (χ3v) is 4.06. The molecule has 3 rings (SSSR count). The fourth-order valence-corrected chi connectivity index (χ4v) is 2.45. The van der Waals surface area contributed by atoms with E-state index in [2.05, 4.69) is 15.5 Å². The first-order chi connectivity index (χ1) is 14.4. The molecule has 0 radical (unpaired) electrons. The standard InChI is InChI=1S/C21H20FN3O5/c1-13(20(26)23-11-15-3-7-17(22)8-4-15)29-21(27)16-5-9-18(10-6-16)28-12-19-24-14(2)30-25-19/h3-10,13H,11-12H2,1-2H3,(H,23,26). The average Bonchev–Trinajstić information content (AvgIpc) is 3.17. The Morgan fingerprint density at radius 3 is 2.47 bits per heavy atom. The van der Waals surface area contributed by atoms with Gasteiger partial charge in [0.05, 0.1) is 5.56 Å². The Bertz CT molecular complexity index is 1000. The molecule has 30 heavy (non-hydrogen) atoms. The van der Waals surface area contributed by atoms with Crippen LogP contribution in [0.1, 0.15) is 34.6 Å². The molecule has 0 fully saturated rings. The summed E-state index contributed by atoms with van der Waals surface area (Å²) in [5, 5.41) is 6.36. The van der Waals surface area contributed by atoms with Crippen LogP contribution < -0.4 is 10.1 Å². The fourth-order valence-electron chi connectivity index (χ4n) is 2.45. The lowest BCUT2D eigenvalue weighted by molar-refractivity contribution is -0.129. The van der Waals surface area contributed by atoms with Gasteiger partial charge in [-0.05, 0) is 48.9 Å². The molecule has 1 unspecified atom stereocenters. The highest BCUT2D eigenvalue weighted by atomic mass is 19.1. The Morgan fingerprint density at radius 2 is 1.83 bits per heavy atom. The minimum absolute atomic E-state index is 0.131. The number of rotatable bonds is 8. The maximum Gasteiger partial charge on any atom is 0.338 e. The minimum atomic E-state index is -0.990. The van der Waals surface area contributed by atoms with Gasteiger partial charge in [-0.3, -0.25) is 4.79 Å². The molecule has 8 nitrogen and oxygen atoms in total. The van der Waals surface area contributed by atoms with Crippen LogP contribution in [0.2, 0.25) is 0 Å². The van der Waals surface area contributed by atoms with Gasteiger partial charge in [0.2, 0.25) is 11.7 Å². The second kappa shape index (κ2) is 9.64. The first-order valence-electron chi connectivity index (χ1n) is 9.16. The van der Waals surface area contributed by atoms with Gasteiger partial charge < -0.3 is 19.3 Å². The van der Waals surface area contributed by atoms with E-state index >= 15 is 0 Å². The van der Waals surface area contributed by atoms with Gasteiger partial charge >= 0.3 is 5.97 Å². The lowest BCUT2D eigenvalue weighted by Crippen LogP contribution is -2.35. The van der Waals surface area contributed by atoms with E-state index in [4.69, 9.17) is 14.0 Å². The summed E-state index contributed by atoms with van der Waals surface area (Å²) in [5.41, 5.74) is 1.01. The Balaban J connectivity index is 1.46. The molecule has 0 spiro atoms. The topological polar surface area (TPSA) is 104 Å². The maximum absolute atomic E-state index is 12.9. The molecule has 0 aliphatic carbocycles. The van der Waals surface area contributed by atoms with Crippen LogP contribution in [0.3, 0.4) is 0 Å². The average molecular weight is 413 g/mol. The van der Waals surface area contributed by atoms with Crippen LogP contribution in [0.5, 0.6) is 5.75 Å². The van der Waals surface area contributed by atoms with Crippen molar-refractivity contribution in [2.45, 2.75) is 33.1 Å². The lowest BCUT2D eigenvalue weighted by atomic mass is 10.2. The van der Waals surface area contributed by atoms with Crippen LogP contribution in [0.15, 0.2) is 53.1 Å². The predicted octanol–water partition coefficient (Wildman–Crippen LogP) is 2.96. The van der Waals surface area contributed by atoms with E-state index in [1.54, 1.807) is 31.2 Å². The monoisotopic (exact) mass is 413 g/mol. The number of hydrogen-bond donors (Lipinski definition) is 1. The van der Waals surface area contributed by atoms with Crippen LogP contribution in [0.25, 0.3) is 0 Å². The second-order valence-corrected chi connectivity index (χ2v) is 6.43. The number of benzene rings is 2. The Hall–Kier alpha value is -3.75. The molecule has 2 aromatic carbocycles. The van der Waals surface area contributed by atoms with E-state index < -0.39 is 18.0 Å². The van der Waals surface area contributed by atoms with Crippen molar-refractivity contribution in [1.29, 1.82) is 0 Å². The summed E-state index contributed by atoms with van der Waals surface area (Å²) in [6.45, 7) is 3.49. The second-order valence-electron chi connectivity index (χ2n) is 6.43. The van der Waals surface area contributed by atoms with Crippen molar-refractivity contribution in [1.82, 2.24) is 15.5 Å². The van der Waals surface area contributed by atoms with Crippen molar-refractivity contribution >= 4 is 11.9 Å². The molecule has 0 aliphatic heterocycles. The van der Waals surface area contributed by atoms with Gasteiger partial charge in [-0.15, -0.1) is 0 Å². The number of aromatic nitrogens is 2. The summed E-state index contributed by atoms with van der Waals surface area (Å²) in [5.74, 6) is -0.0745. The minimum Gasteiger partial charge on any atom is -0.485 e. The maximum atomic E-state index is 12.9. The van der Waals surface area contributed by atoms with Gasteiger partial charge in [-0.2, -0.15) is 4.98 Å². The van der Waals surface area contributed by atoms with Crippen LogP contribution in [0, 0.1) is 12.7 Å². The molecule has 0 saturated carbocycles. The summed E-state index contributed by atoms with van der Waals surface area (Å²) in [7, 11) is 0. The molecule has 0 aliphatic rings. The number of hydrogen-bond acceptors (Lipinski definition) is 7. The molecule has 0 bridgehead atoms. The fraction of sp³-hybridized carbons (Fsp3) is 0.238. The summed E-state index contributed by atoms with van der Waals surface area (Å²) in [6.07, 6.45) is -0.990. The van der Waals surface area contributed by atoms with Gasteiger partial charge in [-0.1, -0.05) is 17.3 Å². The molecular formula is C21H20FN3O5. The van der Waals surface area contributed by atoms with Gasteiger partial charge in [0.15, 0.2) is 12.7 Å². The molecule has 1 amide bonds. The van der Waals surface area contributed by atoms with E-state index in [-0.39, 0.29) is 24.5 Å². The summed E-state index contributed by atoms with van der Waals surface area (Å²) in [4.78, 5) is 28.4. The smallest absolute Gasteiger partial charge is 0.338 e. The van der Waals surface area contributed by atoms with Crippen molar-refractivity contribution in [3.8, 4) is 5.75 Å². The Morgan fingerprint density at radius 1 is 1.13 bits per heavy atom. The Labute approximate surface area is 172 Å². The van der Waals surface area contributed by atoms with Gasteiger partial charge in [-0.25, -0.2) is 9.18 Å². The van der Waals surface area contributed by atoms with Crippen molar-refractivity contribution in [2.24, 2.45) is 0 Å². The number of esters is 1. The van der Waals surface area contributed by atoms with Crippen molar-refractivity contribution in [3.05, 3.63) is 77.2 Å². The molecule has 1 atom stereocenters. The van der Waals surface area contributed by atoms with Gasteiger partial charge in [0.1, 0.15) is 11.6 Å². The number of ether oxygens (including phenoxy) is 2. The molecule has 3 aromatic rings. The van der Waals surface area contributed by atoms with E-state index in [9.17, 15) is 14.0 Å². The number of aryl methyl sites for hydroxylation is 1. The van der Waals surface area contributed by atoms with Crippen LogP contribution >= 0.6 is 0 Å². The number of carbonyl (C=O) groups excluding carboxylic acids is 2. The molecule has 1 heterocycles. The number of nitrogens with zero attached hydrogens (tertiary/aromatic N) is 2. The van der Waals surface area contributed by atoms with E-state index in [1.807, 2.05) is 0 Å². The molecular weight excluding hydrogens is 393 g/mol. The highest BCUT2D eigenvalue weighted by Crippen LogP contribution is 2.15. The molecule has 156 valence electrons. The quantitative estimate of drug-likeness (QED) is 0.566. The predicted molar refractivity (Wildman–Crippen MR) is 103 cm³/mol. The number of halogens is 1. The SMILES string of the molecule is Cc1nc(COc2ccc(C(=O)OC(C)C(=O)NCc3ccc(F)cc3)cc2)no1. The third-order valence-electron chi connectivity index (χ3n) is 4.06. The first-order valence-corrected chi connectivity index (χ1v) is 9.16. The molecule has 0 saturated heterocycles. The zero-order chi connectivity index (χ0) is 21.5. The largest absolute Gasteiger partial charge is 0.485 e. The highest BCUT2D eigenvalue weighted by Gasteiger charge is 2.18. The summed E-state index contributed by atoms with van der Waals surface area (Å²) in [6, 6.07) is 12.0. The van der Waals surface area contributed by atoms with E-state index in [1.165, 1.54) is 31.2 Å². The van der Waals surface area contributed by atoms with Crippen molar-refractivity contribution < 1.29 is 28.0 Å². The Kier molecular flexibility index (Phi) is 6.74. The first kappa shape index (κ1) is 21.0. The van der Waals surface area contributed by atoms with Crippen LogP contribution in [0.4, 0.5) is 4.39 Å². The molecule has 1 N–H and O–H groups in total. The molecule has 1 aromatic heterocycles. The number of nitrogens with one attached hydrogen (secondary N) is 1. The zero-order valence-corrected chi connectivity index (χ0v) is 16.4. The summed E-state index contributed by atoms with van der Waals surface area (Å²) >= 11 is 0. The van der Waals surface area contributed by atoms with Gasteiger partial charge in [0.25, 0.3) is 5.91 Å². The summed E-state index contributed by atoms with van der Waals surface area (Å²) < 4.78 is 28.5. The van der Waals surface area contributed by atoms with Crippen molar-refractivity contribution in [2.75, 3.05) is 0 Å². The van der Waals surface area contributed by atoms with E-state index in [0.29, 0.717) is 17.5 Å². The van der Waals surface area contributed by atoms with Crippen LogP contribution in [-0.4, -0.2) is 28.1 Å². The van der Waals surface area contributed by atoms with Crippen molar-refractivity contribution in [3.63, 3.8) is 0 Å². The number of carbonyl (C=O) groups is 2. The third kappa shape index (κ3) is 5.87. The number of amides is 1. The van der Waals surface area contributed by atoms with Crippen LogP contribution in [-0.2, 0) is 22.7 Å². The molecule has 9 heteroatoms. The zero-order valence-electron chi connectivity index (χ0n) is 16.4. The normalized spacial score (nSPS) is 11.6. The van der Waals surface area contributed by atoms with E-state index in [0.717, 1.165) is 5.56 Å². The lowest BCUT2D eigenvalue weighted by Gasteiger charge is -2.14. The highest BCUT2D eigenvalue weighted by molar-refractivity contribution is 5.92. The van der Waals surface area contributed by atoms with Gasteiger partial charge in [0, 0.05) is 13.5 Å².